The number of likely N-dealkylation sites (N-methyl/N-ethyl adjacent to an activating group) is 1. The summed E-state index contributed by atoms with van der Waals surface area (Å²) >= 11 is 0. The zero-order valence-electron chi connectivity index (χ0n) is 27.6. The van der Waals surface area contributed by atoms with Crippen LogP contribution in [0.5, 0.6) is 0 Å². The Bertz CT molecular complexity index is 1420. The Labute approximate surface area is 266 Å². The van der Waals surface area contributed by atoms with Crippen LogP contribution in [0, 0.1) is 28.1 Å². The Hall–Kier alpha value is -3.73. The molecule has 2 aromatic rings. The van der Waals surface area contributed by atoms with Gasteiger partial charge in [0.2, 0.25) is 17.7 Å². The first kappa shape index (κ1) is 32.7. The van der Waals surface area contributed by atoms with Crippen LogP contribution in [0.25, 0.3) is 0 Å². The highest BCUT2D eigenvalue weighted by Gasteiger charge is 2.62. The lowest BCUT2D eigenvalue weighted by Crippen LogP contribution is -2.65. The summed E-state index contributed by atoms with van der Waals surface area (Å²) < 4.78 is 7.74. The Kier molecular flexibility index (Phi) is 8.87. The maximum absolute atomic E-state index is 14.0. The molecule has 2 N–H and O–H groups in total. The Morgan fingerprint density at radius 3 is 2.29 bits per heavy atom. The molecule has 5 rings (SSSR count). The van der Waals surface area contributed by atoms with Crippen molar-refractivity contribution >= 4 is 23.6 Å². The lowest BCUT2D eigenvalue weighted by molar-refractivity contribution is -0.152. The van der Waals surface area contributed by atoms with Crippen LogP contribution >= 0.6 is 0 Å². The number of carbonyl (C=O) groups excluding carboxylic acids is 4. The molecular weight excluding hydrogens is 572 g/mol. The number of hydrogen-bond acceptors (Lipinski definition) is 6. The minimum Gasteiger partial charge on any atom is -0.375 e. The van der Waals surface area contributed by atoms with Crippen LogP contribution in [-0.2, 0) is 25.7 Å². The molecule has 3 heterocycles. The number of amides is 4. The van der Waals surface area contributed by atoms with Gasteiger partial charge < -0.3 is 25.2 Å². The van der Waals surface area contributed by atoms with Crippen LogP contribution in [0.1, 0.15) is 63.9 Å². The third-order valence-electron chi connectivity index (χ3n) is 9.53. The third kappa shape index (κ3) is 7.08. The van der Waals surface area contributed by atoms with Gasteiger partial charge in [-0.05, 0) is 29.7 Å². The van der Waals surface area contributed by atoms with Gasteiger partial charge in [-0.2, -0.15) is 5.10 Å². The maximum Gasteiger partial charge on any atom is 0.257 e. The van der Waals surface area contributed by atoms with Gasteiger partial charge in [-0.3, -0.25) is 23.9 Å². The summed E-state index contributed by atoms with van der Waals surface area (Å²) in [4.78, 5) is 57.5. The molecule has 244 valence electrons. The van der Waals surface area contributed by atoms with Crippen molar-refractivity contribution in [2.24, 2.45) is 28.1 Å². The number of hydrogen-bond donors (Lipinski definition) is 2. The summed E-state index contributed by atoms with van der Waals surface area (Å²) in [5.41, 5.74) is 0.798. The molecule has 0 radical (unpaired) electrons. The van der Waals surface area contributed by atoms with E-state index in [9.17, 15) is 19.2 Å². The molecule has 1 spiro atoms. The van der Waals surface area contributed by atoms with Crippen molar-refractivity contribution in [2.45, 2.75) is 66.7 Å². The van der Waals surface area contributed by atoms with Gasteiger partial charge in [0, 0.05) is 50.8 Å². The molecule has 4 atom stereocenters. The van der Waals surface area contributed by atoms with Gasteiger partial charge in [0.15, 0.2) is 0 Å². The first-order chi connectivity index (χ1) is 21.1. The number of likely N-dealkylation sites (tertiary alicyclic amines) is 2. The minimum absolute atomic E-state index is 0.00186. The Balaban J connectivity index is 1.33. The fourth-order valence-corrected chi connectivity index (χ4v) is 6.58. The van der Waals surface area contributed by atoms with E-state index in [4.69, 9.17) is 4.74 Å². The second kappa shape index (κ2) is 12.2. The number of benzene rings is 1. The number of rotatable bonds is 10. The average Bonchev–Trinajstić information content (AvgIpc) is 3.30. The molecule has 1 saturated carbocycles. The normalized spacial score (nSPS) is 22.8. The largest absolute Gasteiger partial charge is 0.375 e. The van der Waals surface area contributed by atoms with Crippen molar-refractivity contribution in [1.82, 2.24) is 30.2 Å². The van der Waals surface area contributed by atoms with Crippen molar-refractivity contribution in [1.29, 1.82) is 0 Å². The van der Waals surface area contributed by atoms with Crippen LogP contribution in [0.2, 0.25) is 0 Å². The molecule has 1 aromatic carbocycles. The van der Waals surface area contributed by atoms with Gasteiger partial charge in [0.1, 0.15) is 6.04 Å². The van der Waals surface area contributed by atoms with E-state index in [1.807, 2.05) is 56.0 Å². The van der Waals surface area contributed by atoms with Crippen molar-refractivity contribution < 1.29 is 23.9 Å². The number of nitrogens with zero attached hydrogens (tertiary/aromatic N) is 4. The predicted molar refractivity (Wildman–Crippen MR) is 169 cm³/mol. The molecule has 4 amide bonds. The van der Waals surface area contributed by atoms with Gasteiger partial charge in [-0.1, -0.05) is 65.0 Å². The third-order valence-corrected chi connectivity index (χ3v) is 9.53. The van der Waals surface area contributed by atoms with Gasteiger partial charge in [0.05, 0.1) is 36.9 Å². The summed E-state index contributed by atoms with van der Waals surface area (Å²) in [5.74, 6) is -1.36. The summed E-state index contributed by atoms with van der Waals surface area (Å²) in [6.45, 7) is 14.4. The van der Waals surface area contributed by atoms with E-state index in [-0.39, 0.29) is 46.9 Å². The maximum atomic E-state index is 14.0. The van der Waals surface area contributed by atoms with Crippen molar-refractivity contribution in [3.05, 3.63) is 53.9 Å². The second-order valence-corrected chi connectivity index (χ2v) is 15.1. The van der Waals surface area contributed by atoms with E-state index in [1.54, 1.807) is 28.9 Å². The van der Waals surface area contributed by atoms with Gasteiger partial charge in [-0.15, -0.1) is 0 Å². The van der Waals surface area contributed by atoms with Gasteiger partial charge in [-0.25, -0.2) is 0 Å². The fourth-order valence-electron chi connectivity index (χ4n) is 6.58. The average molecular weight is 621 g/mol. The summed E-state index contributed by atoms with van der Waals surface area (Å²) in [6, 6.07) is 8.97. The fraction of sp³-hybridized carbons (Fsp3) is 0.618. The van der Waals surface area contributed by atoms with Gasteiger partial charge in [0.25, 0.3) is 5.91 Å². The van der Waals surface area contributed by atoms with Crippen molar-refractivity contribution in [3.8, 4) is 0 Å². The summed E-state index contributed by atoms with van der Waals surface area (Å²) in [7, 11) is 1.53. The van der Waals surface area contributed by atoms with E-state index < -0.39 is 23.5 Å². The summed E-state index contributed by atoms with van der Waals surface area (Å²) in [6.07, 6.45) is 3.58. The highest BCUT2D eigenvalue weighted by Crippen LogP contribution is 2.54. The van der Waals surface area contributed by atoms with E-state index >= 15 is 0 Å². The molecule has 2 aliphatic heterocycles. The number of ether oxygens (including phenoxy) is 1. The van der Waals surface area contributed by atoms with Crippen molar-refractivity contribution in [3.63, 3.8) is 0 Å². The van der Waals surface area contributed by atoms with Crippen LogP contribution in [0.3, 0.4) is 0 Å². The molecule has 3 aliphatic rings. The highest BCUT2D eigenvalue weighted by atomic mass is 16.5. The first-order valence-corrected chi connectivity index (χ1v) is 15.9. The van der Waals surface area contributed by atoms with E-state index in [1.165, 1.54) is 7.05 Å². The van der Waals surface area contributed by atoms with Crippen molar-refractivity contribution in [2.75, 3.05) is 39.8 Å². The smallest absolute Gasteiger partial charge is 0.257 e. The highest BCUT2D eigenvalue weighted by molar-refractivity contribution is 5.95. The molecule has 0 bridgehead atoms. The van der Waals surface area contributed by atoms with Crippen LogP contribution in [-0.4, -0.2) is 95.2 Å². The van der Waals surface area contributed by atoms with E-state index in [0.29, 0.717) is 38.3 Å². The quantitative estimate of drug-likeness (QED) is 0.421. The summed E-state index contributed by atoms with van der Waals surface area (Å²) in [5, 5.41) is 10.0. The molecular formula is C34H48N6O5. The molecule has 3 fully saturated rings. The van der Waals surface area contributed by atoms with E-state index in [2.05, 4.69) is 29.6 Å². The SMILES string of the molecule is CNC(=O)[C@@H](NC(=O)[C@H]1CN(C(=O)c2cnn(Cc3ccccc3)c2)CC12CN(C(=O)[C@H]1CC1(C)C)C2)[C@@H](C)OCC(C)(C)C. The lowest BCUT2D eigenvalue weighted by atomic mass is 9.70. The zero-order chi connectivity index (χ0) is 32.7. The van der Waals surface area contributed by atoms with Crippen LogP contribution in [0.15, 0.2) is 42.7 Å². The topological polar surface area (TPSA) is 126 Å². The molecule has 2 saturated heterocycles. The van der Waals surface area contributed by atoms with Crippen LogP contribution in [0.4, 0.5) is 0 Å². The molecule has 11 heteroatoms. The Morgan fingerprint density at radius 2 is 1.69 bits per heavy atom. The molecule has 1 aliphatic carbocycles. The molecule has 0 unspecified atom stereocenters. The number of carbonyl (C=O) groups is 4. The first-order valence-electron chi connectivity index (χ1n) is 15.9. The number of nitrogens with one attached hydrogen (secondary N) is 2. The Morgan fingerprint density at radius 1 is 1.04 bits per heavy atom. The minimum atomic E-state index is -0.909. The predicted octanol–water partition coefficient (Wildman–Crippen LogP) is 2.56. The monoisotopic (exact) mass is 620 g/mol. The molecule has 11 nitrogen and oxygen atoms in total. The van der Waals surface area contributed by atoms with Crippen LogP contribution < -0.4 is 10.6 Å². The lowest BCUT2D eigenvalue weighted by Gasteiger charge is -2.50. The molecule has 45 heavy (non-hydrogen) atoms. The standard InChI is InChI=1S/C34H48N6O5/c1-22(45-21-32(2,3)4)27(29(42)35-7)37-28(41)26-17-38(18-34(26)19-39(20-34)31(44)25-13-33(25,5)6)30(43)24-14-36-40(16-24)15-23-11-9-8-10-12-23/h8-12,14,16,22,25-27H,13,15,17-21H2,1-7H3,(H,35,42)(H,37,41)/t22-,25-,26-,27+/m1/s1. The zero-order valence-corrected chi connectivity index (χ0v) is 27.6. The van der Waals surface area contributed by atoms with Gasteiger partial charge >= 0.3 is 0 Å². The molecule has 1 aromatic heterocycles. The second-order valence-electron chi connectivity index (χ2n) is 15.1. The number of aromatic nitrogens is 2. The van der Waals surface area contributed by atoms with E-state index in [0.717, 1.165) is 12.0 Å².